The van der Waals surface area contributed by atoms with Crippen LogP contribution in [0.3, 0.4) is 0 Å². The minimum absolute atomic E-state index is 0. The molecular weight excluding hydrogens is 689 g/mol. The van der Waals surface area contributed by atoms with Gasteiger partial charge in [0.2, 0.25) is 11.8 Å². The van der Waals surface area contributed by atoms with Crippen molar-refractivity contribution in [2.24, 2.45) is 40.9 Å². The topological polar surface area (TPSA) is 57.7 Å². The first-order valence-electron chi connectivity index (χ1n) is 22.9. The number of unbranched alkanes of at least 4 members (excludes halogenated alkanes) is 4. The van der Waals surface area contributed by atoms with E-state index in [0.29, 0.717) is 30.0 Å². The molecule has 344 valence electrons. The number of amides is 2. The summed E-state index contributed by atoms with van der Waals surface area (Å²) >= 11 is 0. The van der Waals surface area contributed by atoms with Gasteiger partial charge >= 0.3 is 0 Å². The minimum Gasteiger partial charge on any atom is -0.346 e. The van der Waals surface area contributed by atoms with E-state index >= 15 is 0 Å². The Balaban J connectivity index is -0.000000104. The lowest BCUT2D eigenvalue weighted by molar-refractivity contribution is -0.132. The van der Waals surface area contributed by atoms with Crippen LogP contribution in [0, 0.1) is 40.9 Å². The van der Waals surface area contributed by atoms with Crippen LogP contribution in [0.4, 0.5) is 0 Å². The summed E-state index contributed by atoms with van der Waals surface area (Å²) in [6, 6.07) is 0. The lowest BCUT2D eigenvalue weighted by Gasteiger charge is -2.36. The molecule has 0 N–H and O–H groups in total. The molecule has 0 fully saturated rings. The smallest absolute Gasteiger partial charge is 0.219 e. The average molecular weight is 801 g/mol. The van der Waals surface area contributed by atoms with E-state index in [4.69, 9.17) is 0 Å². The van der Waals surface area contributed by atoms with E-state index in [1.54, 1.807) is 25.7 Å². The first-order chi connectivity index (χ1) is 25.0. The molecule has 0 spiro atoms. The van der Waals surface area contributed by atoms with Crippen molar-refractivity contribution < 1.29 is 14.4 Å². The van der Waals surface area contributed by atoms with Crippen molar-refractivity contribution in [2.75, 3.05) is 20.6 Å². The van der Waals surface area contributed by atoms with Crippen LogP contribution in [-0.2, 0) is 14.4 Å². The van der Waals surface area contributed by atoms with E-state index < -0.39 is 0 Å². The Morgan fingerprint density at radius 1 is 0.482 bits per heavy atom. The van der Waals surface area contributed by atoms with Gasteiger partial charge < -0.3 is 14.6 Å². The highest BCUT2D eigenvalue weighted by atomic mass is 16.2. The Labute approximate surface area is 357 Å². The van der Waals surface area contributed by atoms with Crippen molar-refractivity contribution in [3.05, 3.63) is 0 Å². The van der Waals surface area contributed by atoms with E-state index in [1.165, 1.54) is 64.2 Å². The molecule has 0 atom stereocenters. The predicted molar refractivity (Wildman–Crippen MR) is 258 cm³/mol. The first kappa shape index (κ1) is 69.2. The Hall–Kier alpha value is -1.39. The number of rotatable bonds is 20. The van der Waals surface area contributed by atoms with Crippen LogP contribution in [0.1, 0.15) is 250 Å². The van der Waals surface area contributed by atoms with Gasteiger partial charge in [-0.3, -0.25) is 9.59 Å². The van der Waals surface area contributed by atoms with E-state index in [0.717, 1.165) is 43.6 Å². The zero-order valence-corrected chi connectivity index (χ0v) is 42.7. The van der Waals surface area contributed by atoms with Crippen LogP contribution in [-0.4, -0.2) is 53.6 Å². The molecule has 0 unspecified atom stereocenters. The summed E-state index contributed by atoms with van der Waals surface area (Å²) in [5.41, 5.74) is 0.181. The second kappa shape index (κ2) is 43.2. The fourth-order valence-corrected chi connectivity index (χ4v) is 6.21. The largest absolute Gasteiger partial charge is 0.346 e. The molecule has 2 amide bonds. The molecule has 0 saturated carbocycles. The SMILES string of the molecule is C.CC(=O)CC(C)(C)CC(C)C.CC(=O)N(C)C(C)(C)CC(C)C.CC(=O)N(C)CCC(C)C.CCCC(C)C.CCCCCC(C)C.CCCCCC(C)C. The Bertz CT molecular complexity index is 826. The molecule has 0 aliphatic heterocycles. The van der Waals surface area contributed by atoms with Crippen molar-refractivity contribution in [1.29, 1.82) is 0 Å². The van der Waals surface area contributed by atoms with E-state index in [9.17, 15) is 14.4 Å². The van der Waals surface area contributed by atoms with Crippen LogP contribution in [0.2, 0.25) is 0 Å². The standard InChI is InChI=1S/C10H21NO.C10H20O.C8H17NO.2C8H18.C6H14.CH4/c1-8(2)7-10(4,5)11(6)9(3)12;1-8(2)6-10(4,5)7-9(3)11;1-7(2)5-6-9(4)8(3)10;2*1-4-5-6-7-8(2)3;1-4-5-6(2)3;/h8H,7H2,1-6H3;8H,6-7H2,1-5H3;7H,5-6H2,1-4H3;2*8H,4-7H2,1-3H3;6H,4-5H2,1-3H3;1H4. The van der Waals surface area contributed by atoms with E-state index in [-0.39, 0.29) is 30.2 Å². The quantitative estimate of drug-likeness (QED) is 0.115. The van der Waals surface area contributed by atoms with Crippen LogP contribution >= 0.6 is 0 Å². The number of hydrogen-bond donors (Lipinski definition) is 0. The summed E-state index contributed by atoms with van der Waals surface area (Å²) in [5, 5.41) is 0. The predicted octanol–water partition coefficient (Wildman–Crippen LogP) is 16.4. The summed E-state index contributed by atoms with van der Waals surface area (Å²) in [7, 11) is 3.70. The van der Waals surface area contributed by atoms with Gasteiger partial charge in [-0.1, -0.05) is 189 Å². The molecule has 5 heteroatoms. The molecule has 0 aromatic rings. The van der Waals surface area contributed by atoms with Gasteiger partial charge in [0.1, 0.15) is 5.78 Å². The van der Waals surface area contributed by atoms with Crippen LogP contribution in [0.15, 0.2) is 0 Å². The molecule has 0 saturated heterocycles. The molecule has 0 rings (SSSR count). The molecule has 5 nitrogen and oxygen atoms in total. The Morgan fingerprint density at radius 2 is 0.839 bits per heavy atom. The van der Waals surface area contributed by atoms with Crippen molar-refractivity contribution in [1.82, 2.24) is 9.80 Å². The Kier molecular flexibility index (Phi) is 53.4. The fourth-order valence-electron chi connectivity index (χ4n) is 6.21. The van der Waals surface area contributed by atoms with Gasteiger partial charge in [0, 0.05) is 46.4 Å². The van der Waals surface area contributed by atoms with Gasteiger partial charge in [0.25, 0.3) is 0 Å². The third kappa shape index (κ3) is 67.4. The molecule has 0 aliphatic carbocycles. The normalized spacial score (nSPS) is 10.8. The summed E-state index contributed by atoms with van der Waals surface area (Å²) in [5.74, 6) is 5.29. The van der Waals surface area contributed by atoms with Gasteiger partial charge in [0.15, 0.2) is 0 Å². The number of carbonyl (C=O) groups excluding carboxylic acids is 3. The molecule has 0 heterocycles. The monoisotopic (exact) mass is 801 g/mol. The lowest BCUT2D eigenvalue weighted by atomic mass is 9.80. The molecule has 0 aromatic carbocycles. The maximum absolute atomic E-state index is 11.1. The zero-order valence-electron chi connectivity index (χ0n) is 42.7. The van der Waals surface area contributed by atoms with Gasteiger partial charge in [-0.05, 0) is 81.0 Å². The third-order valence-corrected chi connectivity index (χ3v) is 9.19. The molecule has 56 heavy (non-hydrogen) atoms. The highest BCUT2D eigenvalue weighted by molar-refractivity contribution is 5.76. The van der Waals surface area contributed by atoms with Crippen molar-refractivity contribution in [2.45, 2.75) is 255 Å². The van der Waals surface area contributed by atoms with Crippen LogP contribution in [0.5, 0.6) is 0 Å². The Morgan fingerprint density at radius 3 is 1.05 bits per heavy atom. The maximum atomic E-state index is 11.1. The molecule has 0 radical (unpaired) electrons. The molecule has 0 bridgehead atoms. The second-order valence-corrected chi connectivity index (χ2v) is 20.2. The zero-order chi connectivity index (χ0) is 45.0. The fraction of sp³-hybridized carbons (Fsp3) is 0.941. The highest BCUT2D eigenvalue weighted by Gasteiger charge is 2.26. The van der Waals surface area contributed by atoms with Crippen molar-refractivity contribution in [3.63, 3.8) is 0 Å². The third-order valence-electron chi connectivity index (χ3n) is 9.19. The first-order valence-corrected chi connectivity index (χ1v) is 22.9. The van der Waals surface area contributed by atoms with Gasteiger partial charge in [0.05, 0.1) is 0 Å². The summed E-state index contributed by atoms with van der Waals surface area (Å²) in [6.07, 6.45) is 17.9. The van der Waals surface area contributed by atoms with Gasteiger partial charge in [-0.15, -0.1) is 0 Å². The number of nitrogens with zero attached hydrogens (tertiary/aromatic N) is 2. The van der Waals surface area contributed by atoms with E-state index in [1.807, 2.05) is 19.0 Å². The highest BCUT2D eigenvalue weighted by Crippen LogP contribution is 2.29. The molecule has 0 aliphatic rings. The number of hydrogen-bond acceptors (Lipinski definition) is 3. The average Bonchev–Trinajstić information content (AvgIpc) is 2.99. The summed E-state index contributed by atoms with van der Waals surface area (Å²) < 4.78 is 0. The summed E-state index contributed by atoms with van der Waals surface area (Å²) in [4.78, 5) is 36.2. The summed E-state index contributed by atoms with van der Waals surface area (Å²) in [6.45, 7) is 47.7. The number of Topliss-reactive ketones (excluding diaryl/α,β-unsaturated/α-hetero) is 1. The maximum Gasteiger partial charge on any atom is 0.219 e. The molecular formula is C51H112N2O3. The van der Waals surface area contributed by atoms with Crippen LogP contribution < -0.4 is 0 Å². The van der Waals surface area contributed by atoms with Crippen LogP contribution in [0.25, 0.3) is 0 Å². The van der Waals surface area contributed by atoms with Crippen molar-refractivity contribution in [3.8, 4) is 0 Å². The minimum atomic E-state index is -0.0139. The number of ketones is 1. The van der Waals surface area contributed by atoms with E-state index in [2.05, 4.69) is 132 Å². The van der Waals surface area contributed by atoms with Gasteiger partial charge in [-0.25, -0.2) is 0 Å². The van der Waals surface area contributed by atoms with Gasteiger partial charge in [-0.2, -0.15) is 0 Å². The molecule has 0 aromatic heterocycles. The second-order valence-electron chi connectivity index (χ2n) is 20.2. The number of carbonyl (C=O) groups is 3. The van der Waals surface area contributed by atoms with Crippen molar-refractivity contribution >= 4 is 17.6 Å². The lowest BCUT2D eigenvalue weighted by Crippen LogP contribution is -2.44.